The first-order valence-electron chi connectivity index (χ1n) is 6.88. The lowest BCUT2D eigenvalue weighted by Crippen LogP contribution is -2.23. The van der Waals surface area contributed by atoms with Crippen LogP contribution in [0.1, 0.15) is 50.8 Å². The molecule has 2 nitrogen and oxygen atoms in total. The van der Waals surface area contributed by atoms with E-state index in [4.69, 9.17) is 4.74 Å². The highest BCUT2D eigenvalue weighted by molar-refractivity contribution is 5.89. The van der Waals surface area contributed by atoms with Gasteiger partial charge in [-0.3, -0.25) is 0 Å². The van der Waals surface area contributed by atoms with Gasteiger partial charge in [0.15, 0.2) is 0 Å². The molecule has 2 heteroatoms. The first-order chi connectivity index (χ1) is 8.89. The van der Waals surface area contributed by atoms with Gasteiger partial charge in [-0.15, -0.1) is 0 Å². The van der Waals surface area contributed by atoms with E-state index in [9.17, 15) is 4.79 Å². The van der Waals surface area contributed by atoms with E-state index >= 15 is 0 Å². The van der Waals surface area contributed by atoms with Gasteiger partial charge in [0.25, 0.3) is 0 Å². The Morgan fingerprint density at radius 3 is 2.68 bits per heavy atom. The van der Waals surface area contributed by atoms with Crippen molar-refractivity contribution in [1.29, 1.82) is 0 Å². The summed E-state index contributed by atoms with van der Waals surface area (Å²) in [5.74, 6) is -0.269. The highest BCUT2D eigenvalue weighted by Gasteiger charge is 2.28. The number of fused-ring (bicyclic) bond motifs is 1. The minimum Gasteiger partial charge on any atom is -0.454 e. The molecule has 0 saturated heterocycles. The summed E-state index contributed by atoms with van der Waals surface area (Å²) < 4.78 is 5.67. The molecule has 1 unspecified atom stereocenters. The van der Waals surface area contributed by atoms with E-state index in [2.05, 4.69) is 18.7 Å². The van der Waals surface area contributed by atoms with Gasteiger partial charge in [-0.05, 0) is 35.8 Å². The second kappa shape index (κ2) is 5.20. The Morgan fingerprint density at radius 1 is 1.32 bits per heavy atom. The number of aryl methyl sites for hydroxylation is 1. The summed E-state index contributed by atoms with van der Waals surface area (Å²) in [5.41, 5.74) is 2.75. The molecule has 0 heterocycles. The van der Waals surface area contributed by atoms with Gasteiger partial charge in [0, 0.05) is 5.57 Å². The van der Waals surface area contributed by atoms with E-state index in [1.165, 1.54) is 5.56 Å². The van der Waals surface area contributed by atoms with E-state index in [0.717, 1.165) is 24.8 Å². The molecule has 0 aliphatic heterocycles. The van der Waals surface area contributed by atoms with Gasteiger partial charge in [-0.2, -0.15) is 0 Å². The standard InChI is InChI=1S/C17H22O2/c1-12(17(2,3)4)16(18)19-15-11-7-9-13-8-5-6-10-14(13)15/h5-6,8,10,15H,1,7,9,11H2,2-4H3. The first kappa shape index (κ1) is 13.9. The molecule has 102 valence electrons. The SMILES string of the molecule is C=C(C(=O)OC1CCCc2ccccc21)C(C)(C)C. The van der Waals surface area contributed by atoms with Crippen LogP contribution in [0.3, 0.4) is 0 Å². The van der Waals surface area contributed by atoms with Crippen LogP contribution in [0.15, 0.2) is 36.4 Å². The Labute approximate surface area is 115 Å². The van der Waals surface area contributed by atoms with Crippen molar-refractivity contribution >= 4 is 5.97 Å². The van der Waals surface area contributed by atoms with Crippen LogP contribution in [0.2, 0.25) is 0 Å². The molecule has 1 aromatic carbocycles. The second-order valence-electron chi connectivity index (χ2n) is 6.21. The number of esters is 1. The maximum Gasteiger partial charge on any atom is 0.334 e. The monoisotopic (exact) mass is 258 g/mol. The van der Waals surface area contributed by atoms with Crippen LogP contribution < -0.4 is 0 Å². The number of hydrogen-bond donors (Lipinski definition) is 0. The summed E-state index contributed by atoms with van der Waals surface area (Å²) in [7, 11) is 0. The molecule has 0 N–H and O–H groups in total. The number of hydrogen-bond acceptors (Lipinski definition) is 2. The molecule has 2 rings (SSSR count). The zero-order chi connectivity index (χ0) is 14.0. The lowest BCUT2D eigenvalue weighted by molar-refractivity contribution is -0.146. The van der Waals surface area contributed by atoms with Crippen molar-refractivity contribution in [2.45, 2.75) is 46.1 Å². The number of carbonyl (C=O) groups excluding carboxylic acids is 1. The third kappa shape index (κ3) is 3.06. The average molecular weight is 258 g/mol. The summed E-state index contributed by atoms with van der Waals surface area (Å²) >= 11 is 0. The predicted molar refractivity (Wildman–Crippen MR) is 76.8 cm³/mol. The van der Waals surface area contributed by atoms with E-state index in [1.807, 2.05) is 32.9 Å². The molecule has 0 saturated carbocycles. The summed E-state index contributed by atoms with van der Waals surface area (Å²) in [5, 5.41) is 0. The highest BCUT2D eigenvalue weighted by atomic mass is 16.5. The van der Waals surface area contributed by atoms with Crippen LogP contribution in [-0.4, -0.2) is 5.97 Å². The molecule has 1 atom stereocenters. The van der Waals surface area contributed by atoms with Crippen LogP contribution >= 0.6 is 0 Å². The molecular weight excluding hydrogens is 236 g/mol. The second-order valence-corrected chi connectivity index (χ2v) is 6.21. The summed E-state index contributed by atoms with van der Waals surface area (Å²) in [6.07, 6.45) is 2.93. The zero-order valence-electron chi connectivity index (χ0n) is 12.0. The summed E-state index contributed by atoms with van der Waals surface area (Å²) in [6, 6.07) is 8.22. The maximum atomic E-state index is 12.1. The Morgan fingerprint density at radius 2 is 2.00 bits per heavy atom. The van der Waals surface area contributed by atoms with Crippen LogP contribution in [0.5, 0.6) is 0 Å². The minimum atomic E-state index is -0.269. The van der Waals surface area contributed by atoms with Gasteiger partial charge in [0.2, 0.25) is 0 Å². The van der Waals surface area contributed by atoms with Crippen LogP contribution in [0, 0.1) is 5.41 Å². The molecule has 1 aliphatic carbocycles. The lowest BCUT2D eigenvalue weighted by Gasteiger charge is -2.27. The van der Waals surface area contributed by atoms with Crippen molar-refractivity contribution in [2.75, 3.05) is 0 Å². The van der Waals surface area contributed by atoms with Crippen LogP contribution in [-0.2, 0) is 16.0 Å². The van der Waals surface area contributed by atoms with Gasteiger partial charge >= 0.3 is 5.97 Å². The van der Waals surface area contributed by atoms with Crippen molar-refractivity contribution in [3.63, 3.8) is 0 Å². The lowest BCUT2D eigenvalue weighted by atomic mass is 9.87. The fourth-order valence-electron chi connectivity index (χ4n) is 2.34. The van der Waals surface area contributed by atoms with Crippen molar-refractivity contribution in [2.24, 2.45) is 5.41 Å². The third-order valence-electron chi connectivity index (χ3n) is 3.72. The van der Waals surface area contributed by atoms with E-state index in [0.29, 0.717) is 5.57 Å². The van der Waals surface area contributed by atoms with Crippen LogP contribution in [0.4, 0.5) is 0 Å². The molecule has 0 amide bonds. The van der Waals surface area contributed by atoms with Crippen molar-refractivity contribution in [1.82, 2.24) is 0 Å². The largest absolute Gasteiger partial charge is 0.454 e. The quantitative estimate of drug-likeness (QED) is 0.586. The minimum absolute atomic E-state index is 0.114. The molecule has 1 aromatic rings. The number of benzene rings is 1. The van der Waals surface area contributed by atoms with Crippen molar-refractivity contribution in [3.05, 3.63) is 47.5 Å². The van der Waals surface area contributed by atoms with Crippen molar-refractivity contribution in [3.8, 4) is 0 Å². The number of ether oxygens (including phenoxy) is 1. The average Bonchev–Trinajstić information content (AvgIpc) is 2.37. The molecular formula is C17H22O2. The molecule has 0 radical (unpaired) electrons. The number of rotatable bonds is 2. The van der Waals surface area contributed by atoms with Gasteiger partial charge in [-0.25, -0.2) is 4.79 Å². The van der Waals surface area contributed by atoms with Crippen molar-refractivity contribution < 1.29 is 9.53 Å². The highest BCUT2D eigenvalue weighted by Crippen LogP contribution is 2.34. The zero-order valence-corrected chi connectivity index (χ0v) is 12.0. The topological polar surface area (TPSA) is 26.3 Å². The van der Waals surface area contributed by atoms with Gasteiger partial charge < -0.3 is 4.74 Å². The summed E-state index contributed by atoms with van der Waals surface area (Å²) in [4.78, 5) is 12.1. The molecule has 19 heavy (non-hydrogen) atoms. The smallest absolute Gasteiger partial charge is 0.334 e. The summed E-state index contributed by atoms with van der Waals surface area (Å²) in [6.45, 7) is 9.81. The van der Waals surface area contributed by atoms with Gasteiger partial charge in [-0.1, -0.05) is 51.6 Å². The predicted octanol–water partition coefficient (Wildman–Crippen LogP) is 4.21. The van der Waals surface area contributed by atoms with E-state index in [-0.39, 0.29) is 17.5 Å². The molecule has 0 fully saturated rings. The first-order valence-corrected chi connectivity index (χ1v) is 6.88. The Hall–Kier alpha value is -1.57. The molecule has 1 aliphatic rings. The fraction of sp³-hybridized carbons (Fsp3) is 0.471. The Bertz CT molecular complexity index is 494. The molecule has 0 spiro atoms. The molecule has 0 aromatic heterocycles. The number of carbonyl (C=O) groups is 1. The van der Waals surface area contributed by atoms with Gasteiger partial charge in [0.1, 0.15) is 6.10 Å². The normalized spacial score (nSPS) is 18.6. The Kier molecular flexibility index (Phi) is 3.79. The van der Waals surface area contributed by atoms with Gasteiger partial charge in [0.05, 0.1) is 0 Å². The fourth-order valence-corrected chi connectivity index (χ4v) is 2.34. The Balaban J connectivity index is 2.13. The van der Waals surface area contributed by atoms with Crippen LogP contribution in [0.25, 0.3) is 0 Å². The van der Waals surface area contributed by atoms with E-state index in [1.54, 1.807) is 0 Å². The maximum absolute atomic E-state index is 12.1. The van der Waals surface area contributed by atoms with E-state index < -0.39 is 0 Å². The third-order valence-corrected chi connectivity index (χ3v) is 3.72. The molecule has 0 bridgehead atoms.